The summed E-state index contributed by atoms with van der Waals surface area (Å²) in [7, 11) is 0. The second kappa shape index (κ2) is 8.62. The van der Waals surface area contributed by atoms with Gasteiger partial charge in [-0.15, -0.1) is 0 Å². The van der Waals surface area contributed by atoms with E-state index in [1.165, 1.54) is 0 Å². The van der Waals surface area contributed by atoms with Gasteiger partial charge in [-0.2, -0.15) is 0 Å². The summed E-state index contributed by atoms with van der Waals surface area (Å²) in [6.45, 7) is 0. The second-order valence-corrected chi connectivity index (χ2v) is 9.79. The lowest BCUT2D eigenvalue weighted by Gasteiger charge is -1.96. The number of hydrogen-bond acceptors (Lipinski definition) is 6. The summed E-state index contributed by atoms with van der Waals surface area (Å²) in [4.78, 5) is 36.8. The number of aromatic nitrogens is 8. The molecule has 5 heterocycles. The Bertz CT molecular complexity index is 2030. The number of nitrogens with one attached hydrogen (secondary N) is 2. The van der Waals surface area contributed by atoms with Gasteiger partial charge in [0.15, 0.2) is 23.3 Å². The van der Waals surface area contributed by atoms with E-state index in [-0.39, 0.29) is 7.43 Å². The molecule has 0 unspecified atom stereocenters. The molecule has 9 rings (SSSR count). The summed E-state index contributed by atoms with van der Waals surface area (Å²) in [5.41, 5.74) is 6.45. The first-order valence-electron chi connectivity index (χ1n) is 13.0. The zero-order valence-electron chi connectivity index (χ0n) is 20.9. The Hall–Kier alpha value is -5.76. The molecule has 8 bridgehead atoms. The zero-order valence-corrected chi connectivity index (χ0v) is 20.9. The van der Waals surface area contributed by atoms with Crippen LogP contribution in [0.4, 0.5) is 0 Å². The quantitative estimate of drug-likeness (QED) is 0.210. The second-order valence-electron chi connectivity index (χ2n) is 9.79. The van der Waals surface area contributed by atoms with E-state index in [4.69, 9.17) is 29.9 Å². The van der Waals surface area contributed by atoms with Crippen LogP contribution in [-0.2, 0) is 0 Å². The molecule has 0 spiro atoms. The molecule has 0 saturated carbocycles. The Balaban J connectivity index is 0.00000256. The number of aromatic amines is 2. The van der Waals surface area contributed by atoms with Crippen LogP contribution in [0.25, 0.3) is 89.7 Å². The predicted octanol–water partition coefficient (Wildman–Crippen LogP) is 7.51. The number of rotatable bonds is 0. The smallest absolute Gasteiger partial charge is 0.164 e. The number of hydrogen-bond donors (Lipinski definition) is 2. The highest BCUT2D eigenvalue weighted by atomic mass is 15.1. The third-order valence-electron chi connectivity index (χ3n) is 7.46. The molecule has 7 aromatic rings. The van der Waals surface area contributed by atoms with E-state index in [2.05, 4.69) is 9.97 Å². The molecule has 0 fully saturated rings. The Labute approximate surface area is 233 Å². The van der Waals surface area contributed by atoms with Crippen LogP contribution in [0.15, 0.2) is 97.1 Å². The molecule has 41 heavy (non-hydrogen) atoms. The highest BCUT2D eigenvalue weighted by Crippen LogP contribution is 2.36. The SMILES string of the molecule is C.c1ccc2c(c1)-c1nc-2nc2[nH]c(nc3nc(nc4[nH]c(n1)c1ccccc41)-c1ccccc1-3)c1ccccc21. The summed E-state index contributed by atoms with van der Waals surface area (Å²) < 4.78 is 0. The standard InChI is InChI=1S/C32H18N8.CH4/c1-2-10-18-17(9-1)25-33-26(18)38-28-21-13-5-6-14-22(21)30(35-28)40-32-24-16-8-7-15-23(24)31(36-32)39-29-20-12-4-3-11-19(20)27(34-29)37-25;/h1-16H,(H2,33,34,35,36,37,38,39,40);1H4. The molecule has 4 aromatic carbocycles. The van der Waals surface area contributed by atoms with Gasteiger partial charge in [0.2, 0.25) is 0 Å². The maximum absolute atomic E-state index is 5.02. The minimum absolute atomic E-state index is 0. The predicted molar refractivity (Wildman–Crippen MR) is 163 cm³/mol. The van der Waals surface area contributed by atoms with E-state index in [0.717, 1.165) is 43.8 Å². The maximum atomic E-state index is 5.02. The van der Waals surface area contributed by atoms with E-state index in [9.17, 15) is 0 Å². The van der Waals surface area contributed by atoms with E-state index in [0.29, 0.717) is 45.9 Å². The van der Waals surface area contributed by atoms with Crippen LogP contribution in [0, 0.1) is 0 Å². The van der Waals surface area contributed by atoms with Crippen molar-refractivity contribution in [1.82, 2.24) is 39.9 Å². The van der Waals surface area contributed by atoms with Gasteiger partial charge in [0, 0.05) is 43.8 Å². The van der Waals surface area contributed by atoms with Gasteiger partial charge < -0.3 is 9.97 Å². The summed E-state index contributed by atoms with van der Waals surface area (Å²) >= 11 is 0. The zero-order chi connectivity index (χ0) is 26.2. The van der Waals surface area contributed by atoms with Crippen molar-refractivity contribution < 1.29 is 0 Å². The van der Waals surface area contributed by atoms with Crippen molar-refractivity contribution in [3.8, 4) is 45.6 Å². The first-order valence-corrected chi connectivity index (χ1v) is 13.0. The fourth-order valence-corrected chi connectivity index (χ4v) is 5.59. The molecule has 194 valence electrons. The molecule has 8 heteroatoms. The van der Waals surface area contributed by atoms with E-state index < -0.39 is 0 Å². The Morgan fingerprint density at radius 2 is 0.561 bits per heavy atom. The molecule has 8 nitrogen and oxygen atoms in total. The number of nitrogens with zero attached hydrogens (tertiary/aromatic N) is 6. The largest absolute Gasteiger partial charge is 0.324 e. The van der Waals surface area contributed by atoms with Gasteiger partial charge in [-0.25, -0.2) is 29.9 Å². The van der Waals surface area contributed by atoms with Crippen LogP contribution >= 0.6 is 0 Å². The van der Waals surface area contributed by atoms with Gasteiger partial charge in [-0.1, -0.05) is 104 Å². The van der Waals surface area contributed by atoms with Crippen LogP contribution in [0.1, 0.15) is 7.43 Å². The molecule has 2 N–H and O–H groups in total. The van der Waals surface area contributed by atoms with E-state index in [1.807, 2.05) is 97.1 Å². The van der Waals surface area contributed by atoms with Crippen molar-refractivity contribution in [2.45, 2.75) is 7.43 Å². The first kappa shape index (κ1) is 23.2. The van der Waals surface area contributed by atoms with Crippen molar-refractivity contribution in [1.29, 1.82) is 0 Å². The monoisotopic (exact) mass is 530 g/mol. The average molecular weight is 531 g/mol. The van der Waals surface area contributed by atoms with Crippen LogP contribution in [-0.4, -0.2) is 39.9 Å². The molecule has 0 saturated heterocycles. The summed E-state index contributed by atoms with van der Waals surface area (Å²) in [6.07, 6.45) is 0. The molecule has 3 aromatic heterocycles. The Morgan fingerprint density at radius 3 is 0.829 bits per heavy atom. The van der Waals surface area contributed by atoms with Gasteiger partial charge in [0.25, 0.3) is 0 Å². The van der Waals surface area contributed by atoms with Crippen LogP contribution in [0.2, 0.25) is 0 Å². The number of benzene rings is 4. The average Bonchev–Trinajstić information content (AvgIpc) is 3.73. The molecular weight excluding hydrogens is 508 g/mol. The fourth-order valence-electron chi connectivity index (χ4n) is 5.59. The minimum Gasteiger partial charge on any atom is -0.324 e. The Kier molecular flexibility index (Phi) is 4.87. The topological polar surface area (TPSA) is 109 Å². The Morgan fingerprint density at radius 1 is 0.317 bits per heavy atom. The number of H-pyrrole nitrogens is 2. The number of fused-ring (bicyclic) bond motifs is 20. The molecule has 0 aliphatic carbocycles. The van der Waals surface area contributed by atoms with Crippen molar-refractivity contribution in [3.05, 3.63) is 97.1 Å². The highest BCUT2D eigenvalue weighted by molar-refractivity contribution is 6.06. The van der Waals surface area contributed by atoms with E-state index >= 15 is 0 Å². The third kappa shape index (κ3) is 3.40. The molecule has 2 aliphatic rings. The summed E-state index contributed by atoms with van der Waals surface area (Å²) in [5.74, 6) is 2.39. The van der Waals surface area contributed by atoms with Gasteiger partial charge in [0.05, 0.1) is 0 Å². The molecule has 0 radical (unpaired) electrons. The molecule has 0 amide bonds. The lowest BCUT2D eigenvalue weighted by molar-refractivity contribution is 1.19. The molecule has 0 atom stereocenters. The van der Waals surface area contributed by atoms with E-state index in [1.54, 1.807) is 0 Å². The van der Waals surface area contributed by atoms with Gasteiger partial charge in [0.1, 0.15) is 22.6 Å². The van der Waals surface area contributed by atoms with Crippen molar-refractivity contribution in [2.24, 2.45) is 0 Å². The van der Waals surface area contributed by atoms with Gasteiger partial charge in [-0.3, -0.25) is 0 Å². The van der Waals surface area contributed by atoms with Crippen LogP contribution < -0.4 is 0 Å². The lowest BCUT2D eigenvalue weighted by Crippen LogP contribution is -1.82. The third-order valence-corrected chi connectivity index (χ3v) is 7.46. The van der Waals surface area contributed by atoms with Crippen LogP contribution in [0.5, 0.6) is 0 Å². The first-order chi connectivity index (χ1) is 19.8. The summed E-state index contributed by atoms with van der Waals surface area (Å²) in [6, 6.07) is 32.2. The maximum Gasteiger partial charge on any atom is 0.164 e. The highest BCUT2D eigenvalue weighted by Gasteiger charge is 2.21. The van der Waals surface area contributed by atoms with Crippen molar-refractivity contribution in [2.75, 3.05) is 0 Å². The lowest BCUT2D eigenvalue weighted by atomic mass is 10.1. The molecular formula is C33H22N8. The van der Waals surface area contributed by atoms with Crippen molar-refractivity contribution in [3.63, 3.8) is 0 Å². The van der Waals surface area contributed by atoms with Crippen molar-refractivity contribution >= 4 is 44.1 Å². The van der Waals surface area contributed by atoms with Crippen LogP contribution in [0.3, 0.4) is 0 Å². The summed E-state index contributed by atoms with van der Waals surface area (Å²) in [5, 5.41) is 3.82. The normalized spacial score (nSPS) is 11.7. The minimum atomic E-state index is 0. The van der Waals surface area contributed by atoms with Gasteiger partial charge >= 0.3 is 0 Å². The fraction of sp³-hybridized carbons (Fsp3) is 0.0303. The van der Waals surface area contributed by atoms with Gasteiger partial charge in [-0.05, 0) is 0 Å². The molecule has 2 aliphatic heterocycles.